The maximum Gasteiger partial charge on any atom is 0.329 e. The first-order valence-corrected chi connectivity index (χ1v) is 6.56. The molecule has 1 aliphatic rings. The molecule has 1 aliphatic heterocycles. The van der Waals surface area contributed by atoms with E-state index < -0.39 is 5.97 Å². The average molecular weight is 276 g/mol. The van der Waals surface area contributed by atoms with Gasteiger partial charge < -0.3 is 20.1 Å². The molecule has 7 nitrogen and oxygen atoms in total. The summed E-state index contributed by atoms with van der Waals surface area (Å²) in [7, 11) is 0. The number of ether oxygens (including phenoxy) is 1. The summed E-state index contributed by atoms with van der Waals surface area (Å²) < 4.78 is 4.76. The van der Waals surface area contributed by atoms with Crippen molar-refractivity contribution in [3.8, 4) is 0 Å². The molecule has 0 atom stereocenters. The standard InChI is InChI=1S/C10H16N2O5S/c13-8(11-2-5-17-7-9(14)15)1-3-12-4-6-18-10(12)16/h1-7H2,(H,11,13)(H,14,15). The molecule has 0 aromatic carbocycles. The number of carboxylic acids is 1. The highest BCUT2D eigenvalue weighted by molar-refractivity contribution is 8.13. The van der Waals surface area contributed by atoms with Crippen LogP contribution in [-0.2, 0) is 14.3 Å². The Morgan fingerprint density at radius 2 is 2.28 bits per heavy atom. The molecule has 102 valence electrons. The Balaban J connectivity index is 2.00. The number of carboxylic acid groups (broad SMARTS) is 1. The highest BCUT2D eigenvalue weighted by atomic mass is 32.2. The molecule has 1 saturated heterocycles. The molecule has 18 heavy (non-hydrogen) atoms. The van der Waals surface area contributed by atoms with Gasteiger partial charge in [-0.2, -0.15) is 0 Å². The predicted molar refractivity (Wildman–Crippen MR) is 65.5 cm³/mol. The van der Waals surface area contributed by atoms with Crippen molar-refractivity contribution in [1.29, 1.82) is 0 Å². The van der Waals surface area contributed by atoms with Crippen LogP contribution in [0.3, 0.4) is 0 Å². The third-order valence-electron chi connectivity index (χ3n) is 2.25. The number of carbonyl (C=O) groups is 3. The van der Waals surface area contributed by atoms with Crippen molar-refractivity contribution in [2.75, 3.05) is 38.6 Å². The van der Waals surface area contributed by atoms with Gasteiger partial charge in [-0.3, -0.25) is 9.59 Å². The van der Waals surface area contributed by atoms with Gasteiger partial charge in [0.05, 0.1) is 6.61 Å². The fraction of sp³-hybridized carbons (Fsp3) is 0.700. The van der Waals surface area contributed by atoms with Gasteiger partial charge in [-0.15, -0.1) is 0 Å². The normalized spacial score (nSPS) is 14.9. The monoisotopic (exact) mass is 276 g/mol. The molecule has 0 aromatic rings. The SMILES string of the molecule is O=C(O)COCCNC(=O)CCN1CCSC1=O. The lowest BCUT2D eigenvalue weighted by atomic mass is 10.3. The Kier molecular flexibility index (Phi) is 6.51. The zero-order valence-electron chi connectivity index (χ0n) is 9.89. The van der Waals surface area contributed by atoms with Crippen molar-refractivity contribution in [2.45, 2.75) is 6.42 Å². The second kappa shape index (κ2) is 7.93. The molecule has 0 unspecified atom stereocenters. The highest BCUT2D eigenvalue weighted by Gasteiger charge is 2.21. The van der Waals surface area contributed by atoms with Crippen LogP contribution in [0.15, 0.2) is 0 Å². The molecule has 2 N–H and O–H groups in total. The van der Waals surface area contributed by atoms with Gasteiger partial charge in [-0.05, 0) is 0 Å². The maximum absolute atomic E-state index is 11.4. The molecule has 0 saturated carbocycles. The Labute approximate surface area is 109 Å². The van der Waals surface area contributed by atoms with Crippen LogP contribution in [0.5, 0.6) is 0 Å². The average Bonchev–Trinajstić information content (AvgIpc) is 2.71. The number of nitrogens with zero attached hydrogens (tertiary/aromatic N) is 1. The summed E-state index contributed by atoms with van der Waals surface area (Å²) in [6.07, 6.45) is 0.255. The topological polar surface area (TPSA) is 95.9 Å². The lowest BCUT2D eigenvalue weighted by molar-refractivity contribution is -0.142. The second-order valence-corrected chi connectivity index (χ2v) is 4.69. The van der Waals surface area contributed by atoms with E-state index in [0.717, 1.165) is 5.75 Å². The van der Waals surface area contributed by atoms with E-state index in [1.807, 2.05) is 0 Å². The first-order chi connectivity index (χ1) is 8.59. The number of nitrogens with one attached hydrogen (secondary N) is 1. The Bertz CT molecular complexity index is 323. The molecule has 1 rings (SSSR count). The van der Waals surface area contributed by atoms with E-state index in [0.29, 0.717) is 13.1 Å². The van der Waals surface area contributed by atoms with E-state index in [1.54, 1.807) is 4.90 Å². The van der Waals surface area contributed by atoms with Gasteiger partial charge in [0, 0.05) is 31.8 Å². The molecule has 0 radical (unpaired) electrons. The highest BCUT2D eigenvalue weighted by Crippen LogP contribution is 2.16. The molecule has 1 fully saturated rings. The van der Waals surface area contributed by atoms with Crippen LogP contribution in [-0.4, -0.2) is 65.7 Å². The minimum atomic E-state index is -1.04. The van der Waals surface area contributed by atoms with E-state index in [1.165, 1.54) is 11.8 Å². The van der Waals surface area contributed by atoms with Gasteiger partial charge in [0.15, 0.2) is 0 Å². The number of hydrogen-bond acceptors (Lipinski definition) is 5. The first kappa shape index (κ1) is 14.8. The fourth-order valence-electron chi connectivity index (χ4n) is 1.38. The Hall–Kier alpha value is -1.28. The quantitative estimate of drug-likeness (QED) is 0.594. The minimum Gasteiger partial charge on any atom is -0.480 e. The van der Waals surface area contributed by atoms with Crippen molar-refractivity contribution in [3.63, 3.8) is 0 Å². The first-order valence-electron chi connectivity index (χ1n) is 5.57. The number of rotatable bonds is 8. The van der Waals surface area contributed by atoms with Crippen LogP contribution in [0, 0.1) is 0 Å². The Morgan fingerprint density at radius 3 is 2.89 bits per heavy atom. The van der Waals surface area contributed by atoms with Crippen LogP contribution in [0.25, 0.3) is 0 Å². The summed E-state index contributed by atoms with van der Waals surface area (Å²) in [6.45, 7) is 1.19. The summed E-state index contributed by atoms with van der Waals surface area (Å²) in [5.74, 6) is -0.422. The van der Waals surface area contributed by atoms with E-state index in [4.69, 9.17) is 9.84 Å². The maximum atomic E-state index is 11.4. The number of hydrogen-bond donors (Lipinski definition) is 2. The van der Waals surface area contributed by atoms with Crippen molar-refractivity contribution in [2.24, 2.45) is 0 Å². The lowest BCUT2D eigenvalue weighted by Crippen LogP contribution is -2.32. The molecule has 8 heteroatoms. The molecular weight excluding hydrogens is 260 g/mol. The van der Waals surface area contributed by atoms with Gasteiger partial charge in [-0.1, -0.05) is 11.8 Å². The van der Waals surface area contributed by atoms with Crippen molar-refractivity contribution < 1.29 is 24.2 Å². The lowest BCUT2D eigenvalue weighted by Gasteiger charge is -2.13. The number of carbonyl (C=O) groups excluding carboxylic acids is 2. The zero-order valence-corrected chi connectivity index (χ0v) is 10.7. The van der Waals surface area contributed by atoms with Crippen LogP contribution in [0.2, 0.25) is 0 Å². The van der Waals surface area contributed by atoms with E-state index >= 15 is 0 Å². The Morgan fingerprint density at radius 1 is 1.50 bits per heavy atom. The zero-order chi connectivity index (χ0) is 13.4. The molecule has 0 spiro atoms. The van der Waals surface area contributed by atoms with Gasteiger partial charge in [0.25, 0.3) is 5.24 Å². The molecule has 0 aliphatic carbocycles. The van der Waals surface area contributed by atoms with Crippen LogP contribution in [0.1, 0.15) is 6.42 Å². The largest absolute Gasteiger partial charge is 0.480 e. The van der Waals surface area contributed by atoms with Crippen LogP contribution in [0.4, 0.5) is 4.79 Å². The smallest absolute Gasteiger partial charge is 0.329 e. The van der Waals surface area contributed by atoms with Gasteiger partial charge in [0.1, 0.15) is 6.61 Å². The fourth-order valence-corrected chi connectivity index (χ4v) is 2.23. The van der Waals surface area contributed by atoms with E-state index in [9.17, 15) is 14.4 Å². The van der Waals surface area contributed by atoms with Gasteiger partial charge in [0.2, 0.25) is 5.91 Å². The molecule has 0 aromatic heterocycles. The number of thioether (sulfide) groups is 1. The molecule has 2 amide bonds. The number of aliphatic carboxylic acids is 1. The summed E-state index contributed by atoms with van der Waals surface area (Å²) in [5.41, 5.74) is 0. The predicted octanol–water partition coefficient (Wildman–Crippen LogP) is -0.237. The van der Waals surface area contributed by atoms with Crippen LogP contribution < -0.4 is 5.32 Å². The van der Waals surface area contributed by atoms with Crippen molar-refractivity contribution in [1.82, 2.24) is 10.2 Å². The summed E-state index contributed by atoms with van der Waals surface area (Å²) in [6, 6.07) is 0. The van der Waals surface area contributed by atoms with E-state index in [-0.39, 0.29) is 37.3 Å². The summed E-state index contributed by atoms with van der Waals surface area (Å²) in [5, 5.41) is 10.9. The third-order valence-corrected chi connectivity index (χ3v) is 3.14. The van der Waals surface area contributed by atoms with Crippen LogP contribution >= 0.6 is 11.8 Å². The minimum absolute atomic E-state index is 0.0209. The van der Waals surface area contributed by atoms with Crippen molar-refractivity contribution in [3.05, 3.63) is 0 Å². The van der Waals surface area contributed by atoms with E-state index in [2.05, 4.69) is 5.32 Å². The van der Waals surface area contributed by atoms with Crippen molar-refractivity contribution >= 4 is 28.9 Å². The summed E-state index contributed by atoms with van der Waals surface area (Å²) >= 11 is 1.26. The molecule has 0 bridgehead atoms. The third kappa shape index (κ3) is 5.87. The van der Waals surface area contributed by atoms with Gasteiger partial charge in [-0.25, -0.2) is 4.79 Å². The molecule has 1 heterocycles. The second-order valence-electron chi connectivity index (χ2n) is 3.65. The number of amides is 2. The summed E-state index contributed by atoms with van der Waals surface area (Å²) in [4.78, 5) is 34.4. The molecular formula is C10H16N2O5S. The van der Waals surface area contributed by atoms with Gasteiger partial charge >= 0.3 is 5.97 Å².